The summed E-state index contributed by atoms with van der Waals surface area (Å²) in [7, 11) is -3.75. The lowest BCUT2D eigenvalue weighted by Gasteiger charge is -2.35. The number of halogens is 1. The Balaban J connectivity index is 1.72. The molecule has 1 atom stereocenters. The molecule has 0 saturated carbocycles. The second kappa shape index (κ2) is 8.59. The van der Waals surface area contributed by atoms with E-state index in [0.29, 0.717) is 26.2 Å². The van der Waals surface area contributed by atoms with Gasteiger partial charge in [-0.05, 0) is 49.1 Å². The maximum Gasteiger partial charge on any atom is 0.262 e. The highest BCUT2D eigenvalue weighted by molar-refractivity contribution is 7.89. The highest BCUT2D eigenvalue weighted by atomic mass is 32.2. The summed E-state index contributed by atoms with van der Waals surface area (Å²) in [5, 5.41) is 4.46. The minimum atomic E-state index is -3.75. The third-order valence-electron chi connectivity index (χ3n) is 4.87. The molecule has 1 N–H and O–H groups in total. The minimum Gasteiger partial charge on any atom is -0.369 e. The Hall–Kier alpha value is -1.97. The van der Waals surface area contributed by atoms with Gasteiger partial charge in [0.25, 0.3) is 5.91 Å². The Bertz CT molecular complexity index is 920. The van der Waals surface area contributed by atoms with E-state index in [1.807, 2.05) is 18.7 Å². The number of piperazine rings is 1. The van der Waals surface area contributed by atoms with Crippen LogP contribution in [0.5, 0.6) is 0 Å². The number of nitrogens with zero attached hydrogens (tertiary/aromatic N) is 2. The van der Waals surface area contributed by atoms with Crippen LogP contribution in [0.2, 0.25) is 0 Å². The first kappa shape index (κ1) is 20.8. The molecular formula is C19H24FN3O3S2. The Kier molecular flexibility index (Phi) is 6.36. The molecule has 0 aliphatic carbocycles. The Morgan fingerprint density at radius 1 is 1.18 bits per heavy atom. The summed E-state index contributed by atoms with van der Waals surface area (Å²) in [5.74, 6) is -0.654. The Labute approximate surface area is 169 Å². The fourth-order valence-corrected chi connectivity index (χ4v) is 5.76. The number of carbonyl (C=O) groups excluding carboxylic acids is 1. The molecule has 0 bridgehead atoms. The standard InChI is InChI=1S/C19H24FN3O3S2/c1-3-14(2)21-19(24)18-17(8-13-27-18)28(25,26)23-11-9-22(10-12-23)16-6-4-15(20)5-7-16/h4-8,13-14H,3,9-12H2,1-2H3,(H,21,24). The lowest BCUT2D eigenvalue weighted by Crippen LogP contribution is -2.48. The van der Waals surface area contributed by atoms with Crippen molar-refractivity contribution in [3.05, 3.63) is 46.4 Å². The van der Waals surface area contributed by atoms with E-state index in [4.69, 9.17) is 0 Å². The number of rotatable bonds is 6. The minimum absolute atomic E-state index is 0.0237. The first-order chi connectivity index (χ1) is 13.3. The van der Waals surface area contributed by atoms with E-state index in [9.17, 15) is 17.6 Å². The number of sulfonamides is 1. The molecule has 1 amide bonds. The van der Waals surface area contributed by atoms with Crippen LogP contribution in [-0.2, 0) is 10.0 Å². The number of carbonyl (C=O) groups is 1. The largest absolute Gasteiger partial charge is 0.369 e. The third kappa shape index (κ3) is 4.37. The molecule has 1 aromatic carbocycles. The molecule has 6 nitrogen and oxygen atoms in total. The van der Waals surface area contributed by atoms with Crippen LogP contribution in [-0.4, -0.2) is 50.9 Å². The van der Waals surface area contributed by atoms with Crippen molar-refractivity contribution >= 4 is 33.0 Å². The van der Waals surface area contributed by atoms with Crippen molar-refractivity contribution in [3.63, 3.8) is 0 Å². The van der Waals surface area contributed by atoms with Crippen molar-refractivity contribution in [1.82, 2.24) is 9.62 Å². The van der Waals surface area contributed by atoms with Crippen LogP contribution in [0, 0.1) is 5.82 Å². The van der Waals surface area contributed by atoms with Crippen molar-refractivity contribution in [2.75, 3.05) is 31.1 Å². The fourth-order valence-electron chi connectivity index (χ4n) is 3.04. The van der Waals surface area contributed by atoms with Gasteiger partial charge in [-0.1, -0.05) is 6.92 Å². The van der Waals surface area contributed by atoms with Crippen molar-refractivity contribution in [3.8, 4) is 0 Å². The maximum absolute atomic E-state index is 13.1. The van der Waals surface area contributed by atoms with Gasteiger partial charge in [-0.15, -0.1) is 11.3 Å². The van der Waals surface area contributed by atoms with Crippen LogP contribution in [0.1, 0.15) is 29.9 Å². The monoisotopic (exact) mass is 425 g/mol. The number of amides is 1. The molecule has 0 radical (unpaired) electrons. The molecule has 1 fully saturated rings. The van der Waals surface area contributed by atoms with Gasteiger partial charge >= 0.3 is 0 Å². The predicted octanol–water partition coefficient (Wildman–Crippen LogP) is 2.93. The smallest absolute Gasteiger partial charge is 0.262 e. The summed E-state index contributed by atoms with van der Waals surface area (Å²) in [6.45, 7) is 5.46. The van der Waals surface area contributed by atoms with Crippen molar-refractivity contribution in [1.29, 1.82) is 0 Å². The van der Waals surface area contributed by atoms with Gasteiger partial charge in [-0.3, -0.25) is 4.79 Å². The number of hydrogen-bond acceptors (Lipinski definition) is 5. The normalized spacial score (nSPS) is 16.8. The predicted molar refractivity (Wildman–Crippen MR) is 109 cm³/mol. The van der Waals surface area contributed by atoms with E-state index in [0.717, 1.165) is 23.4 Å². The average Bonchev–Trinajstić information content (AvgIpc) is 3.19. The van der Waals surface area contributed by atoms with Crippen LogP contribution in [0.15, 0.2) is 40.6 Å². The molecule has 3 rings (SSSR count). The van der Waals surface area contributed by atoms with Gasteiger partial charge in [-0.2, -0.15) is 4.31 Å². The third-order valence-corrected chi connectivity index (χ3v) is 7.86. The van der Waals surface area contributed by atoms with Gasteiger partial charge in [0.2, 0.25) is 10.0 Å². The molecule has 2 aromatic rings. The van der Waals surface area contributed by atoms with Crippen molar-refractivity contribution < 1.29 is 17.6 Å². The lowest BCUT2D eigenvalue weighted by molar-refractivity contribution is 0.0940. The first-order valence-corrected chi connectivity index (χ1v) is 11.5. The van der Waals surface area contributed by atoms with Gasteiger partial charge < -0.3 is 10.2 Å². The van der Waals surface area contributed by atoms with Gasteiger partial charge in [0.1, 0.15) is 15.6 Å². The Morgan fingerprint density at radius 3 is 2.43 bits per heavy atom. The highest BCUT2D eigenvalue weighted by Gasteiger charge is 2.32. The molecule has 1 unspecified atom stereocenters. The van der Waals surface area contributed by atoms with Crippen LogP contribution in [0.3, 0.4) is 0 Å². The zero-order valence-corrected chi connectivity index (χ0v) is 17.5. The molecule has 1 aliphatic heterocycles. The molecule has 1 aromatic heterocycles. The van der Waals surface area contributed by atoms with E-state index >= 15 is 0 Å². The number of benzene rings is 1. The summed E-state index contributed by atoms with van der Waals surface area (Å²) >= 11 is 1.14. The second-order valence-electron chi connectivity index (χ2n) is 6.76. The summed E-state index contributed by atoms with van der Waals surface area (Å²) in [4.78, 5) is 14.8. The summed E-state index contributed by atoms with van der Waals surface area (Å²) in [5.41, 5.74) is 0.864. The number of thiophene rings is 1. The van der Waals surface area contributed by atoms with Crippen LogP contribution in [0.25, 0.3) is 0 Å². The number of hydrogen-bond donors (Lipinski definition) is 1. The molecule has 1 aliphatic rings. The quantitative estimate of drug-likeness (QED) is 0.773. The lowest BCUT2D eigenvalue weighted by atomic mass is 10.2. The molecule has 152 valence electrons. The Morgan fingerprint density at radius 2 is 1.82 bits per heavy atom. The topological polar surface area (TPSA) is 69.7 Å². The summed E-state index contributed by atoms with van der Waals surface area (Å²) in [6, 6.07) is 7.64. The molecule has 28 heavy (non-hydrogen) atoms. The van der Waals surface area contributed by atoms with Gasteiger partial charge in [0.15, 0.2) is 0 Å². The van der Waals surface area contributed by atoms with Gasteiger partial charge in [-0.25, -0.2) is 12.8 Å². The van der Waals surface area contributed by atoms with Gasteiger partial charge in [0, 0.05) is 37.9 Å². The van der Waals surface area contributed by atoms with E-state index in [-0.39, 0.29) is 27.5 Å². The van der Waals surface area contributed by atoms with E-state index in [1.165, 1.54) is 22.5 Å². The molecule has 1 saturated heterocycles. The van der Waals surface area contributed by atoms with Crippen molar-refractivity contribution in [2.45, 2.75) is 31.2 Å². The molecule has 9 heteroatoms. The highest BCUT2D eigenvalue weighted by Crippen LogP contribution is 2.27. The SMILES string of the molecule is CCC(C)NC(=O)c1sccc1S(=O)(=O)N1CCN(c2ccc(F)cc2)CC1. The van der Waals surface area contributed by atoms with E-state index in [2.05, 4.69) is 5.32 Å². The maximum atomic E-state index is 13.1. The van der Waals surface area contributed by atoms with Crippen LogP contribution in [0.4, 0.5) is 10.1 Å². The van der Waals surface area contributed by atoms with E-state index in [1.54, 1.807) is 17.5 Å². The van der Waals surface area contributed by atoms with E-state index < -0.39 is 10.0 Å². The second-order valence-corrected chi connectivity index (χ2v) is 9.59. The van der Waals surface area contributed by atoms with Gasteiger partial charge in [0.05, 0.1) is 0 Å². The molecule has 2 heterocycles. The summed E-state index contributed by atoms with van der Waals surface area (Å²) < 4.78 is 40.7. The molecule has 0 spiro atoms. The number of anilines is 1. The average molecular weight is 426 g/mol. The fraction of sp³-hybridized carbons (Fsp3) is 0.421. The number of nitrogens with one attached hydrogen (secondary N) is 1. The zero-order chi connectivity index (χ0) is 20.3. The van der Waals surface area contributed by atoms with Crippen molar-refractivity contribution in [2.24, 2.45) is 0 Å². The molecular weight excluding hydrogens is 401 g/mol. The van der Waals surface area contributed by atoms with Crippen LogP contribution >= 0.6 is 11.3 Å². The summed E-state index contributed by atoms with van der Waals surface area (Å²) in [6.07, 6.45) is 0.768. The first-order valence-electron chi connectivity index (χ1n) is 9.22. The van der Waals surface area contributed by atoms with Crippen LogP contribution < -0.4 is 10.2 Å². The zero-order valence-electron chi connectivity index (χ0n) is 15.9.